The highest BCUT2D eigenvalue weighted by atomic mass is 19.1. The van der Waals surface area contributed by atoms with Crippen molar-refractivity contribution in [1.29, 1.82) is 0 Å². The monoisotopic (exact) mass is 187 g/mol. The van der Waals surface area contributed by atoms with Gasteiger partial charge in [0.15, 0.2) is 0 Å². The standard InChI is InChI=1S/C10H18FNO/c1-10(11)7-12-5-9(10)8-3-2-4-13-6-8/h8-9,12H,2-7H2,1H3. The van der Waals surface area contributed by atoms with Crippen LogP contribution in [0.3, 0.4) is 0 Å². The van der Waals surface area contributed by atoms with Crippen LogP contribution in [-0.2, 0) is 4.74 Å². The molecule has 0 radical (unpaired) electrons. The Morgan fingerprint density at radius 1 is 1.54 bits per heavy atom. The van der Waals surface area contributed by atoms with Crippen LogP contribution in [0.4, 0.5) is 4.39 Å². The Hall–Kier alpha value is -0.150. The summed E-state index contributed by atoms with van der Waals surface area (Å²) >= 11 is 0. The molecule has 3 atom stereocenters. The normalized spacial score (nSPS) is 46.6. The molecule has 0 aromatic rings. The molecule has 76 valence electrons. The van der Waals surface area contributed by atoms with Gasteiger partial charge in [-0.3, -0.25) is 0 Å². The van der Waals surface area contributed by atoms with E-state index in [9.17, 15) is 4.39 Å². The van der Waals surface area contributed by atoms with Crippen molar-refractivity contribution >= 4 is 0 Å². The van der Waals surface area contributed by atoms with Crippen LogP contribution in [0.5, 0.6) is 0 Å². The van der Waals surface area contributed by atoms with E-state index in [-0.39, 0.29) is 5.92 Å². The minimum Gasteiger partial charge on any atom is -0.381 e. The summed E-state index contributed by atoms with van der Waals surface area (Å²) < 4.78 is 19.3. The van der Waals surface area contributed by atoms with Crippen molar-refractivity contribution in [1.82, 2.24) is 5.32 Å². The number of rotatable bonds is 1. The maximum absolute atomic E-state index is 13.9. The Morgan fingerprint density at radius 2 is 2.38 bits per heavy atom. The first-order valence-electron chi connectivity index (χ1n) is 5.17. The van der Waals surface area contributed by atoms with Gasteiger partial charge in [0.25, 0.3) is 0 Å². The van der Waals surface area contributed by atoms with Crippen LogP contribution in [-0.4, -0.2) is 32.0 Å². The maximum atomic E-state index is 13.9. The SMILES string of the molecule is CC1(F)CNCC1C1CCCOC1. The molecule has 2 rings (SSSR count). The van der Waals surface area contributed by atoms with Gasteiger partial charge in [-0.2, -0.15) is 0 Å². The molecular weight excluding hydrogens is 169 g/mol. The largest absolute Gasteiger partial charge is 0.381 e. The highest BCUT2D eigenvalue weighted by Crippen LogP contribution is 2.35. The summed E-state index contributed by atoms with van der Waals surface area (Å²) in [5.74, 6) is 0.589. The third-order valence-corrected chi connectivity index (χ3v) is 3.37. The van der Waals surface area contributed by atoms with E-state index in [1.807, 2.05) is 0 Å². The Morgan fingerprint density at radius 3 is 2.92 bits per heavy atom. The molecule has 1 N–H and O–H groups in total. The third kappa shape index (κ3) is 1.86. The van der Waals surface area contributed by atoms with Crippen LogP contribution in [0, 0.1) is 11.8 Å². The Balaban J connectivity index is 1.98. The number of ether oxygens (including phenoxy) is 1. The zero-order valence-electron chi connectivity index (χ0n) is 8.18. The lowest BCUT2D eigenvalue weighted by molar-refractivity contribution is -0.000380. The van der Waals surface area contributed by atoms with Gasteiger partial charge in [0.2, 0.25) is 0 Å². The second-order valence-electron chi connectivity index (χ2n) is 4.49. The van der Waals surface area contributed by atoms with Gasteiger partial charge in [-0.15, -0.1) is 0 Å². The quantitative estimate of drug-likeness (QED) is 0.669. The first-order chi connectivity index (χ1) is 6.20. The molecule has 2 aliphatic heterocycles. The number of hydrogen-bond donors (Lipinski definition) is 1. The van der Waals surface area contributed by atoms with E-state index in [1.165, 1.54) is 0 Å². The van der Waals surface area contributed by atoms with E-state index in [0.717, 1.165) is 32.6 Å². The van der Waals surface area contributed by atoms with E-state index in [0.29, 0.717) is 12.5 Å². The van der Waals surface area contributed by atoms with Crippen molar-refractivity contribution < 1.29 is 9.13 Å². The average molecular weight is 187 g/mol. The van der Waals surface area contributed by atoms with Crippen molar-refractivity contribution in [2.45, 2.75) is 25.4 Å². The van der Waals surface area contributed by atoms with Crippen molar-refractivity contribution in [2.75, 3.05) is 26.3 Å². The molecule has 2 fully saturated rings. The summed E-state index contributed by atoms with van der Waals surface area (Å²) in [6, 6.07) is 0. The van der Waals surface area contributed by atoms with Gasteiger partial charge < -0.3 is 10.1 Å². The predicted octanol–water partition coefficient (Wildman–Crippen LogP) is 1.36. The van der Waals surface area contributed by atoms with Crippen molar-refractivity contribution in [3.8, 4) is 0 Å². The Labute approximate surface area is 78.8 Å². The van der Waals surface area contributed by atoms with E-state index in [2.05, 4.69) is 5.32 Å². The number of alkyl halides is 1. The lowest BCUT2D eigenvalue weighted by atomic mass is 9.80. The second-order valence-corrected chi connectivity index (χ2v) is 4.49. The summed E-state index contributed by atoms with van der Waals surface area (Å²) in [5, 5.41) is 3.13. The molecule has 2 heterocycles. The van der Waals surface area contributed by atoms with Gasteiger partial charge >= 0.3 is 0 Å². The molecule has 2 saturated heterocycles. The molecule has 0 aromatic heterocycles. The highest BCUT2D eigenvalue weighted by molar-refractivity contribution is 4.96. The predicted molar refractivity (Wildman–Crippen MR) is 49.4 cm³/mol. The van der Waals surface area contributed by atoms with E-state index in [4.69, 9.17) is 4.74 Å². The lowest BCUT2D eigenvalue weighted by Gasteiger charge is -2.32. The van der Waals surface area contributed by atoms with E-state index in [1.54, 1.807) is 6.92 Å². The first-order valence-corrected chi connectivity index (χ1v) is 5.17. The van der Waals surface area contributed by atoms with Gasteiger partial charge in [0.1, 0.15) is 5.67 Å². The van der Waals surface area contributed by atoms with E-state index >= 15 is 0 Å². The Bertz CT molecular complexity index is 178. The molecule has 13 heavy (non-hydrogen) atoms. The molecular formula is C10H18FNO. The van der Waals surface area contributed by atoms with Gasteiger partial charge in [-0.1, -0.05) is 0 Å². The molecule has 3 unspecified atom stereocenters. The van der Waals surface area contributed by atoms with Crippen LogP contribution in [0.1, 0.15) is 19.8 Å². The summed E-state index contributed by atoms with van der Waals surface area (Å²) in [4.78, 5) is 0. The molecule has 0 aromatic carbocycles. The summed E-state index contributed by atoms with van der Waals surface area (Å²) in [5.41, 5.74) is -1.02. The number of nitrogens with one attached hydrogen (secondary N) is 1. The number of hydrogen-bond acceptors (Lipinski definition) is 2. The second kappa shape index (κ2) is 3.54. The van der Waals surface area contributed by atoms with Crippen LogP contribution >= 0.6 is 0 Å². The summed E-state index contributed by atoms with van der Waals surface area (Å²) in [6.45, 7) is 4.66. The summed E-state index contributed by atoms with van der Waals surface area (Å²) in [7, 11) is 0. The van der Waals surface area contributed by atoms with Crippen LogP contribution in [0.2, 0.25) is 0 Å². The van der Waals surface area contributed by atoms with Gasteiger partial charge in [0.05, 0.1) is 0 Å². The maximum Gasteiger partial charge on any atom is 0.125 e. The zero-order chi connectivity index (χ0) is 9.31. The minimum absolute atomic E-state index is 0.160. The smallest absolute Gasteiger partial charge is 0.125 e. The molecule has 3 heteroatoms. The topological polar surface area (TPSA) is 21.3 Å². The van der Waals surface area contributed by atoms with E-state index < -0.39 is 5.67 Å². The van der Waals surface area contributed by atoms with Crippen LogP contribution in [0.25, 0.3) is 0 Å². The van der Waals surface area contributed by atoms with Crippen LogP contribution in [0.15, 0.2) is 0 Å². The van der Waals surface area contributed by atoms with Crippen LogP contribution < -0.4 is 5.32 Å². The highest BCUT2D eigenvalue weighted by Gasteiger charge is 2.43. The fraction of sp³-hybridized carbons (Fsp3) is 1.00. The molecule has 0 aliphatic carbocycles. The number of halogens is 1. The zero-order valence-corrected chi connectivity index (χ0v) is 8.18. The minimum atomic E-state index is -1.02. The van der Waals surface area contributed by atoms with Crippen molar-refractivity contribution in [3.63, 3.8) is 0 Å². The fourth-order valence-electron chi connectivity index (χ4n) is 2.56. The molecule has 0 spiro atoms. The molecule has 0 bridgehead atoms. The fourth-order valence-corrected chi connectivity index (χ4v) is 2.56. The summed E-state index contributed by atoms with van der Waals surface area (Å²) in [6.07, 6.45) is 2.23. The first kappa shape index (κ1) is 9.41. The average Bonchev–Trinajstić information content (AvgIpc) is 2.47. The molecule has 2 aliphatic rings. The van der Waals surface area contributed by atoms with Gasteiger partial charge in [-0.25, -0.2) is 4.39 Å². The van der Waals surface area contributed by atoms with Gasteiger partial charge in [0, 0.05) is 32.2 Å². The van der Waals surface area contributed by atoms with Crippen molar-refractivity contribution in [2.24, 2.45) is 11.8 Å². The molecule has 0 saturated carbocycles. The van der Waals surface area contributed by atoms with Crippen molar-refractivity contribution in [3.05, 3.63) is 0 Å². The molecule has 2 nitrogen and oxygen atoms in total. The Kier molecular flexibility index (Phi) is 2.56. The lowest BCUT2D eigenvalue weighted by Crippen LogP contribution is -2.37. The third-order valence-electron chi connectivity index (χ3n) is 3.37. The van der Waals surface area contributed by atoms with Gasteiger partial charge in [-0.05, 0) is 25.7 Å². The molecule has 0 amide bonds.